The van der Waals surface area contributed by atoms with E-state index in [0.717, 1.165) is 24.1 Å². The fourth-order valence-corrected chi connectivity index (χ4v) is 3.64. The number of nitrogens with zero attached hydrogens (tertiary/aromatic N) is 2. The molecule has 1 saturated carbocycles. The number of aliphatic imine (C=N–C) groups is 1. The van der Waals surface area contributed by atoms with Gasteiger partial charge in [-0.1, -0.05) is 19.8 Å². The summed E-state index contributed by atoms with van der Waals surface area (Å²) in [5.74, 6) is 0.887. The van der Waals surface area contributed by atoms with E-state index in [1.165, 1.54) is 37.0 Å². The number of hydrogen-bond donors (Lipinski definition) is 2. The van der Waals surface area contributed by atoms with Crippen LogP contribution in [0.5, 0.6) is 0 Å². The number of halogens is 1. The molecule has 1 aromatic heterocycles. The Hall–Kier alpha value is -0.370. The summed E-state index contributed by atoms with van der Waals surface area (Å²) in [7, 11) is 1.83. The van der Waals surface area contributed by atoms with Crippen LogP contribution >= 0.6 is 35.3 Å². The van der Waals surface area contributed by atoms with Gasteiger partial charge in [0.2, 0.25) is 0 Å². The SMILES string of the molecule is CCC1(CNC(=NC)NCc2ncc(C)s2)CCCC1.I. The second kappa shape index (κ2) is 8.92. The Morgan fingerprint density at radius 1 is 1.38 bits per heavy atom. The maximum Gasteiger partial charge on any atom is 0.191 e. The zero-order valence-electron chi connectivity index (χ0n) is 13.2. The second-order valence-electron chi connectivity index (χ2n) is 5.70. The molecule has 0 aromatic carbocycles. The van der Waals surface area contributed by atoms with Crippen molar-refractivity contribution in [2.45, 2.75) is 52.5 Å². The molecule has 0 amide bonds. The van der Waals surface area contributed by atoms with Crippen molar-refractivity contribution in [3.8, 4) is 0 Å². The number of aryl methyl sites for hydroxylation is 1. The lowest BCUT2D eigenvalue weighted by molar-refractivity contribution is 0.283. The monoisotopic (exact) mass is 422 g/mol. The van der Waals surface area contributed by atoms with Crippen molar-refractivity contribution in [3.63, 3.8) is 0 Å². The van der Waals surface area contributed by atoms with Crippen molar-refractivity contribution >= 4 is 41.3 Å². The van der Waals surface area contributed by atoms with Gasteiger partial charge in [-0.3, -0.25) is 4.99 Å². The quantitative estimate of drug-likeness (QED) is 0.432. The normalized spacial score (nSPS) is 17.4. The summed E-state index contributed by atoms with van der Waals surface area (Å²) in [6, 6.07) is 0. The van der Waals surface area contributed by atoms with Crippen molar-refractivity contribution in [2.24, 2.45) is 10.4 Å². The van der Waals surface area contributed by atoms with Crippen LogP contribution in [0.25, 0.3) is 0 Å². The summed E-state index contributed by atoms with van der Waals surface area (Å²) in [6.07, 6.45) is 8.61. The third-order valence-electron chi connectivity index (χ3n) is 4.34. The number of thiazole rings is 1. The van der Waals surface area contributed by atoms with Gasteiger partial charge < -0.3 is 10.6 Å². The average Bonchev–Trinajstić information content (AvgIpc) is 3.09. The third kappa shape index (κ3) is 5.39. The molecule has 4 nitrogen and oxygen atoms in total. The van der Waals surface area contributed by atoms with E-state index >= 15 is 0 Å². The number of hydrogen-bond acceptors (Lipinski definition) is 3. The highest BCUT2D eigenvalue weighted by atomic mass is 127. The van der Waals surface area contributed by atoms with Crippen LogP contribution in [-0.4, -0.2) is 24.5 Å². The molecule has 0 unspecified atom stereocenters. The van der Waals surface area contributed by atoms with E-state index in [1.54, 1.807) is 11.3 Å². The van der Waals surface area contributed by atoms with Gasteiger partial charge in [-0.2, -0.15) is 0 Å². The summed E-state index contributed by atoms with van der Waals surface area (Å²) in [6.45, 7) is 6.16. The summed E-state index contributed by atoms with van der Waals surface area (Å²) >= 11 is 1.73. The molecule has 0 spiro atoms. The number of guanidine groups is 1. The summed E-state index contributed by atoms with van der Waals surface area (Å²) < 4.78 is 0. The molecule has 0 saturated heterocycles. The van der Waals surface area contributed by atoms with E-state index < -0.39 is 0 Å². The van der Waals surface area contributed by atoms with Crippen LogP contribution in [-0.2, 0) is 6.54 Å². The maximum absolute atomic E-state index is 4.36. The standard InChI is InChI=1S/C15H26N4S.HI/c1-4-15(7-5-6-8-15)11-19-14(16-3)18-10-13-17-9-12(2)20-13;/h9H,4-8,10-11H2,1-3H3,(H2,16,18,19);1H. The fraction of sp³-hybridized carbons (Fsp3) is 0.733. The number of rotatable bonds is 5. The molecule has 1 fully saturated rings. The maximum atomic E-state index is 4.36. The Morgan fingerprint density at radius 2 is 2.10 bits per heavy atom. The largest absolute Gasteiger partial charge is 0.356 e. The van der Waals surface area contributed by atoms with Gasteiger partial charge in [0.15, 0.2) is 5.96 Å². The average molecular weight is 422 g/mol. The van der Waals surface area contributed by atoms with Gasteiger partial charge in [0.1, 0.15) is 5.01 Å². The molecule has 120 valence electrons. The molecule has 1 aliphatic rings. The molecule has 6 heteroatoms. The highest BCUT2D eigenvalue weighted by Gasteiger charge is 2.31. The van der Waals surface area contributed by atoms with Crippen LogP contribution in [0.15, 0.2) is 11.2 Å². The molecule has 0 radical (unpaired) electrons. The van der Waals surface area contributed by atoms with Crippen LogP contribution in [0.3, 0.4) is 0 Å². The zero-order valence-corrected chi connectivity index (χ0v) is 16.4. The molecule has 1 heterocycles. The van der Waals surface area contributed by atoms with Crippen molar-refractivity contribution in [2.75, 3.05) is 13.6 Å². The summed E-state index contributed by atoms with van der Waals surface area (Å²) in [4.78, 5) is 9.92. The van der Waals surface area contributed by atoms with Gasteiger partial charge in [0.25, 0.3) is 0 Å². The zero-order chi connectivity index (χ0) is 14.4. The van der Waals surface area contributed by atoms with E-state index in [1.807, 2.05) is 13.2 Å². The van der Waals surface area contributed by atoms with Crippen LogP contribution in [0.4, 0.5) is 0 Å². The smallest absolute Gasteiger partial charge is 0.191 e. The number of aromatic nitrogens is 1. The predicted octanol–water partition coefficient (Wildman–Crippen LogP) is 3.70. The Kier molecular flexibility index (Phi) is 7.94. The first-order valence-electron chi connectivity index (χ1n) is 7.53. The minimum Gasteiger partial charge on any atom is -0.356 e. The van der Waals surface area contributed by atoms with Crippen LogP contribution in [0.2, 0.25) is 0 Å². The van der Waals surface area contributed by atoms with Crippen LogP contribution in [0.1, 0.15) is 48.9 Å². The van der Waals surface area contributed by atoms with Crippen molar-refractivity contribution in [1.29, 1.82) is 0 Å². The predicted molar refractivity (Wildman–Crippen MR) is 102 cm³/mol. The topological polar surface area (TPSA) is 49.3 Å². The first-order chi connectivity index (χ1) is 9.67. The lowest BCUT2D eigenvalue weighted by Gasteiger charge is -2.28. The van der Waals surface area contributed by atoms with Gasteiger partial charge in [0.05, 0.1) is 6.54 Å². The molecule has 2 N–H and O–H groups in total. The second-order valence-corrected chi connectivity index (χ2v) is 7.02. The van der Waals surface area contributed by atoms with E-state index in [0.29, 0.717) is 5.41 Å². The number of nitrogens with one attached hydrogen (secondary N) is 2. The lowest BCUT2D eigenvalue weighted by Crippen LogP contribution is -2.42. The van der Waals surface area contributed by atoms with E-state index in [-0.39, 0.29) is 24.0 Å². The minimum absolute atomic E-state index is 0. The van der Waals surface area contributed by atoms with Gasteiger partial charge in [-0.15, -0.1) is 35.3 Å². The van der Waals surface area contributed by atoms with Crippen molar-refractivity contribution < 1.29 is 0 Å². The van der Waals surface area contributed by atoms with E-state index in [4.69, 9.17) is 0 Å². The molecule has 1 aromatic rings. The molecule has 21 heavy (non-hydrogen) atoms. The van der Waals surface area contributed by atoms with Gasteiger partial charge in [-0.05, 0) is 31.6 Å². The van der Waals surface area contributed by atoms with E-state index in [9.17, 15) is 0 Å². The Balaban J connectivity index is 0.00000220. The molecular formula is C15H27IN4S. The van der Waals surface area contributed by atoms with Gasteiger partial charge in [-0.25, -0.2) is 4.98 Å². The molecular weight excluding hydrogens is 395 g/mol. The fourth-order valence-electron chi connectivity index (χ4n) is 2.91. The lowest BCUT2D eigenvalue weighted by atomic mass is 9.83. The Labute approximate surface area is 149 Å². The first-order valence-corrected chi connectivity index (χ1v) is 8.35. The molecule has 0 aliphatic heterocycles. The van der Waals surface area contributed by atoms with Crippen LogP contribution < -0.4 is 10.6 Å². The molecule has 1 aliphatic carbocycles. The Morgan fingerprint density at radius 3 is 2.62 bits per heavy atom. The highest BCUT2D eigenvalue weighted by molar-refractivity contribution is 14.0. The highest BCUT2D eigenvalue weighted by Crippen LogP contribution is 2.40. The van der Waals surface area contributed by atoms with E-state index in [2.05, 4.69) is 34.5 Å². The molecule has 2 rings (SSSR count). The third-order valence-corrected chi connectivity index (χ3v) is 5.26. The molecule has 0 bridgehead atoms. The van der Waals surface area contributed by atoms with Gasteiger partial charge in [0, 0.05) is 24.7 Å². The van der Waals surface area contributed by atoms with Gasteiger partial charge >= 0.3 is 0 Å². The minimum atomic E-state index is 0. The summed E-state index contributed by atoms with van der Waals surface area (Å²) in [5, 5.41) is 7.95. The van der Waals surface area contributed by atoms with Crippen molar-refractivity contribution in [3.05, 3.63) is 16.1 Å². The van der Waals surface area contributed by atoms with Crippen molar-refractivity contribution in [1.82, 2.24) is 15.6 Å². The molecule has 0 atom stereocenters. The van der Waals surface area contributed by atoms with Crippen LogP contribution in [0, 0.1) is 12.3 Å². The Bertz CT molecular complexity index is 452. The summed E-state index contributed by atoms with van der Waals surface area (Å²) in [5.41, 5.74) is 0.482. The first kappa shape index (κ1) is 18.7.